The summed E-state index contributed by atoms with van der Waals surface area (Å²) in [5.41, 5.74) is 2.37. The number of anilines is 1. The van der Waals surface area contributed by atoms with Gasteiger partial charge in [0.15, 0.2) is 0 Å². The maximum atomic E-state index is 5.49. The van der Waals surface area contributed by atoms with Crippen molar-refractivity contribution in [3.63, 3.8) is 0 Å². The number of nitrogens with zero attached hydrogens (tertiary/aromatic N) is 3. The number of hydrogen-bond donors (Lipinski definition) is 1. The number of aromatic nitrogens is 2. The van der Waals surface area contributed by atoms with Crippen LogP contribution in [-0.2, 0) is 20.1 Å². The van der Waals surface area contributed by atoms with Crippen molar-refractivity contribution in [1.82, 2.24) is 15.1 Å². The van der Waals surface area contributed by atoms with Crippen molar-refractivity contribution in [2.24, 2.45) is 7.05 Å². The summed E-state index contributed by atoms with van der Waals surface area (Å²) in [4.78, 5) is 2.31. The summed E-state index contributed by atoms with van der Waals surface area (Å²) in [5, 5.41) is 8.07. The average molecular weight is 290 g/mol. The largest absolute Gasteiger partial charge is 0.467 e. The van der Waals surface area contributed by atoms with E-state index in [4.69, 9.17) is 4.42 Å². The summed E-state index contributed by atoms with van der Waals surface area (Å²) in [5.74, 6) is 2.15. The van der Waals surface area contributed by atoms with Crippen molar-refractivity contribution in [1.29, 1.82) is 0 Å². The van der Waals surface area contributed by atoms with Gasteiger partial charge in [-0.05, 0) is 38.9 Å². The standard InChI is InChI=1S/C16H26N4O/c1-5-9-17-11-15-13(3)18-19(4)16(15)20(6-2)12-14-8-7-10-21-14/h7-8,10,17H,5-6,9,11-12H2,1-4H3. The van der Waals surface area contributed by atoms with Crippen LogP contribution in [0.3, 0.4) is 0 Å². The monoisotopic (exact) mass is 290 g/mol. The van der Waals surface area contributed by atoms with Crippen LogP contribution in [0, 0.1) is 6.92 Å². The van der Waals surface area contributed by atoms with Crippen LogP contribution in [0.15, 0.2) is 22.8 Å². The number of furan rings is 1. The molecule has 0 atom stereocenters. The molecule has 0 aromatic carbocycles. The van der Waals surface area contributed by atoms with Crippen molar-refractivity contribution in [3.05, 3.63) is 35.4 Å². The van der Waals surface area contributed by atoms with E-state index in [0.717, 1.165) is 44.1 Å². The summed E-state index contributed by atoms with van der Waals surface area (Å²) in [6.45, 7) is 9.99. The van der Waals surface area contributed by atoms with E-state index in [2.05, 4.69) is 36.1 Å². The smallest absolute Gasteiger partial charge is 0.131 e. The molecule has 0 aliphatic heterocycles. The molecule has 2 heterocycles. The summed E-state index contributed by atoms with van der Waals surface area (Å²) in [6.07, 6.45) is 2.86. The molecule has 2 aromatic rings. The molecule has 0 saturated heterocycles. The second kappa shape index (κ2) is 7.31. The van der Waals surface area contributed by atoms with Gasteiger partial charge in [-0.25, -0.2) is 0 Å². The number of aryl methyl sites for hydroxylation is 2. The first-order valence-electron chi connectivity index (χ1n) is 7.67. The molecule has 0 aliphatic rings. The fourth-order valence-corrected chi connectivity index (χ4v) is 2.61. The van der Waals surface area contributed by atoms with Crippen molar-refractivity contribution in [2.75, 3.05) is 18.0 Å². The molecule has 2 rings (SSSR count). The highest BCUT2D eigenvalue weighted by Crippen LogP contribution is 2.24. The molecule has 5 nitrogen and oxygen atoms in total. The summed E-state index contributed by atoms with van der Waals surface area (Å²) < 4.78 is 7.46. The predicted molar refractivity (Wildman–Crippen MR) is 85.4 cm³/mol. The maximum absolute atomic E-state index is 5.49. The molecule has 0 radical (unpaired) electrons. The molecule has 2 aromatic heterocycles. The molecule has 116 valence electrons. The van der Waals surface area contributed by atoms with E-state index in [0.29, 0.717) is 0 Å². The van der Waals surface area contributed by atoms with E-state index in [1.54, 1.807) is 6.26 Å². The molecule has 0 amide bonds. The lowest BCUT2D eigenvalue weighted by molar-refractivity contribution is 0.500. The van der Waals surface area contributed by atoms with E-state index < -0.39 is 0 Å². The van der Waals surface area contributed by atoms with Crippen LogP contribution >= 0.6 is 0 Å². The van der Waals surface area contributed by atoms with Crippen LogP contribution in [0.1, 0.15) is 37.3 Å². The lowest BCUT2D eigenvalue weighted by Gasteiger charge is -2.23. The Morgan fingerprint density at radius 1 is 1.38 bits per heavy atom. The molecule has 0 unspecified atom stereocenters. The van der Waals surface area contributed by atoms with E-state index in [1.165, 1.54) is 11.4 Å². The second-order valence-electron chi connectivity index (χ2n) is 5.28. The molecule has 0 saturated carbocycles. The highest BCUT2D eigenvalue weighted by molar-refractivity contribution is 5.50. The molecular weight excluding hydrogens is 264 g/mol. The molecular formula is C16H26N4O. The minimum absolute atomic E-state index is 0.767. The van der Waals surface area contributed by atoms with Crippen molar-refractivity contribution in [2.45, 2.75) is 40.3 Å². The Labute approximate surface area is 126 Å². The van der Waals surface area contributed by atoms with Gasteiger partial charge in [0.05, 0.1) is 18.5 Å². The first-order valence-corrected chi connectivity index (χ1v) is 7.67. The van der Waals surface area contributed by atoms with E-state index in [-0.39, 0.29) is 0 Å². The Morgan fingerprint density at radius 3 is 2.81 bits per heavy atom. The van der Waals surface area contributed by atoms with Crippen molar-refractivity contribution >= 4 is 5.82 Å². The molecule has 0 fully saturated rings. The van der Waals surface area contributed by atoms with E-state index in [9.17, 15) is 0 Å². The number of hydrogen-bond acceptors (Lipinski definition) is 4. The molecule has 5 heteroatoms. The van der Waals surface area contributed by atoms with Crippen molar-refractivity contribution < 1.29 is 4.42 Å². The maximum Gasteiger partial charge on any atom is 0.131 e. The van der Waals surface area contributed by atoms with Gasteiger partial charge in [0, 0.05) is 25.7 Å². The quantitative estimate of drug-likeness (QED) is 0.759. The van der Waals surface area contributed by atoms with Crippen LogP contribution < -0.4 is 10.2 Å². The average Bonchev–Trinajstić information content (AvgIpc) is 3.06. The van der Waals surface area contributed by atoms with Crippen LogP contribution in [0.25, 0.3) is 0 Å². The van der Waals surface area contributed by atoms with Gasteiger partial charge in [0.25, 0.3) is 0 Å². The zero-order chi connectivity index (χ0) is 15.2. The molecule has 0 aliphatic carbocycles. The van der Waals surface area contributed by atoms with Gasteiger partial charge < -0.3 is 14.6 Å². The highest BCUT2D eigenvalue weighted by atomic mass is 16.3. The van der Waals surface area contributed by atoms with Crippen LogP contribution in [0.5, 0.6) is 0 Å². The van der Waals surface area contributed by atoms with Gasteiger partial charge in [0.2, 0.25) is 0 Å². The Morgan fingerprint density at radius 2 is 2.19 bits per heavy atom. The Kier molecular flexibility index (Phi) is 5.44. The van der Waals surface area contributed by atoms with Gasteiger partial charge in [0.1, 0.15) is 11.6 Å². The van der Waals surface area contributed by atoms with Crippen LogP contribution in [-0.4, -0.2) is 22.9 Å². The third kappa shape index (κ3) is 3.67. The Bertz CT molecular complexity index is 545. The molecule has 21 heavy (non-hydrogen) atoms. The summed E-state index contributed by atoms with van der Waals surface area (Å²) >= 11 is 0. The van der Waals surface area contributed by atoms with E-state index in [1.807, 2.05) is 23.9 Å². The highest BCUT2D eigenvalue weighted by Gasteiger charge is 2.19. The van der Waals surface area contributed by atoms with Crippen molar-refractivity contribution in [3.8, 4) is 0 Å². The number of rotatable bonds is 8. The fraction of sp³-hybridized carbons (Fsp3) is 0.562. The van der Waals surface area contributed by atoms with Crippen LogP contribution in [0.4, 0.5) is 5.82 Å². The van der Waals surface area contributed by atoms with Gasteiger partial charge in [-0.1, -0.05) is 6.92 Å². The third-order valence-corrected chi connectivity index (χ3v) is 3.65. The lowest BCUT2D eigenvalue weighted by Crippen LogP contribution is -2.26. The fourth-order valence-electron chi connectivity index (χ4n) is 2.61. The van der Waals surface area contributed by atoms with Gasteiger partial charge in [-0.2, -0.15) is 5.10 Å². The molecule has 0 bridgehead atoms. The van der Waals surface area contributed by atoms with Gasteiger partial charge in [-0.15, -0.1) is 0 Å². The van der Waals surface area contributed by atoms with Gasteiger partial charge >= 0.3 is 0 Å². The first-order chi connectivity index (χ1) is 10.2. The minimum atomic E-state index is 0.767. The zero-order valence-electron chi connectivity index (χ0n) is 13.5. The molecule has 1 N–H and O–H groups in total. The SMILES string of the molecule is CCCNCc1c(C)nn(C)c1N(CC)Cc1ccco1. The van der Waals surface area contributed by atoms with E-state index >= 15 is 0 Å². The Balaban J connectivity index is 2.22. The minimum Gasteiger partial charge on any atom is -0.467 e. The van der Waals surface area contributed by atoms with Crippen LogP contribution in [0.2, 0.25) is 0 Å². The first kappa shape index (κ1) is 15.6. The molecule has 0 spiro atoms. The second-order valence-corrected chi connectivity index (χ2v) is 5.28. The third-order valence-electron chi connectivity index (χ3n) is 3.65. The normalized spacial score (nSPS) is 11.0. The van der Waals surface area contributed by atoms with Gasteiger partial charge in [-0.3, -0.25) is 4.68 Å². The topological polar surface area (TPSA) is 46.2 Å². The zero-order valence-corrected chi connectivity index (χ0v) is 13.5. The summed E-state index contributed by atoms with van der Waals surface area (Å²) in [6, 6.07) is 3.95. The lowest BCUT2D eigenvalue weighted by atomic mass is 10.2. The Hall–Kier alpha value is -1.75. The summed E-state index contributed by atoms with van der Waals surface area (Å²) in [7, 11) is 2.01. The number of nitrogens with one attached hydrogen (secondary N) is 1. The predicted octanol–water partition coefficient (Wildman–Crippen LogP) is 2.85.